The molecule has 0 aliphatic heterocycles. The lowest BCUT2D eigenvalue weighted by Gasteiger charge is -2.32. The molecule has 0 unspecified atom stereocenters. The minimum atomic E-state index is -4.60. The molecule has 0 aromatic heterocycles. The van der Waals surface area contributed by atoms with Crippen LogP contribution in [0.4, 0.5) is 18.0 Å². The number of carbonyl (C=O) groups excluding carboxylic acids is 1. The van der Waals surface area contributed by atoms with Crippen molar-refractivity contribution in [3.8, 4) is 0 Å². The van der Waals surface area contributed by atoms with Crippen LogP contribution in [0.25, 0.3) is 0 Å². The van der Waals surface area contributed by atoms with Gasteiger partial charge in [-0.05, 0) is 38.5 Å². The van der Waals surface area contributed by atoms with Gasteiger partial charge < -0.3 is 4.74 Å². The maximum absolute atomic E-state index is 13.3. The molecule has 0 spiro atoms. The number of amides is 1. The molecule has 1 aromatic carbocycles. The van der Waals surface area contributed by atoms with Crippen molar-refractivity contribution in [2.75, 3.05) is 7.05 Å². The summed E-state index contributed by atoms with van der Waals surface area (Å²) in [4.78, 5) is 12.4. The first-order chi connectivity index (χ1) is 9.42. The molecule has 0 radical (unpaired) electrons. The molecule has 1 aromatic rings. The standard InChI is InChI=1S/C14H17BrF3NO2/c1-13(2,3)21-12(20)19(4)11(14(16,17)18)9-5-7-10(15)8-6-9/h5-8,11H,1-4H3/t11-/m0/s1. The third-order valence-corrected chi connectivity index (χ3v) is 3.09. The molecule has 118 valence electrons. The molecule has 0 aliphatic rings. The van der Waals surface area contributed by atoms with Gasteiger partial charge in [-0.1, -0.05) is 28.1 Å². The van der Waals surface area contributed by atoms with Crippen LogP contribution in [0.5, 0.6) is 0 Å². The molecule has 0 saturated heterocycles. The smallest absolute Gasteiger partial charge is 0.413 e. The van der Waals surface area contributed by atoms with Gasteiger partial charge in [0, 0.05) is 11.5 Å². The Morgan fingerprint density at radius 2 is 1.67 bits per heavy atom. The van der Waals surface area contributed by atoms with E-state index in [0.29, 0.717) is 9.37 Å². The van der Waals surface area contributed by atoms with Crippen molar-refractivity contribution in [3.63, 3.8) is 0 Å². The van der Waals surface area contributed by atoms with Crippen molar-refractivity contribution in [1.82, 2.24) is 4.90 Å². The Kier molecular flexibility index (Phi) is 5.30. The first-order valence-corrected chi connectivity index (χ1v) is 6.99. The highest BCUT2D eigenvalue weighted by atomic mass is 79.9. The second-order valence-electron chi connectivity index (χ2n) is 5.59. The third-order valence-electron chi connectivity index (χ3n) is 2.56. The lowest BCUT2D eigenvalue weighted by atomic mass is 10.1. The van der Waals surface area contributed by atoms with E-state index in [0.717, 1.165) is 7.05 Å². The van der Waals surface area contributed by atoms with Crippen LogP contribution < -0.4 is 0 Å². The Hall–Kier alpha value is -1.24. The van der Waals surface area contributed by atoms with Crippen LogP contribution in [-0.2, 0) is 4.74 Å². The first kappa shape index (κ1) is 17.8. The molecule has 3 nitrogen and oxygen atoms in total. The summed E-state index contributed by atoms with van der Waals surface area (Å²) in [7, 11) is 1.08. The van der Waals surface area contributed by atoms with Crippen LogP contribution in [0.15, 0.2) is 28.7 Å². The van der Waals surface area contributed by atoms with E-state index >= 15 is 0 Å². The number of alkyl halides is 3. The average Bonchev–Trinajstić information content (AvgIpc) is 2.27. The van der Waals surface area contributed by atoms with Gasteiger partial charge in [0.2, 0.25) is 0 Å². The normalized spacial score (nSPS) is 13.7. The Morgan fingerprint density at radius 3 is 2.05 bits per heavy atom. The van der Waals surface area contributed by atoms with Crippen molar-refractivity contribution in [2.24, 2.45) is 0 Å². The fraction of sp³-hybridized carbons (Fsp3) is 0.500. The first-order valence-electron chi connectivity index (χ1n) is 6.20. The fourth-order valence-corrected chi connectivity index (χ4v) is 1.98. The molecule has 1 rings (SSSR count). The van der Waals surface area contributed by atoms with E-state index in [9.17, 15) is 18.0 Å². The molecule has 0 heterocycles. The number of ether oxygens (including phenoxy) is 1. The maximum atomic E-state index is 13.3. The zero-order valence-corrected chi connectivity index (χ0v) is 13.7. The van der Waals surface area contributed by atoms with E-state index in [2.05, 4.69) is 15.9 Å². The lowest BCUT2D eigenvalue weighted by molar-refractivity contribution is -0.180. The second-order valence-corrected chi connectivity index (χ2v) is 6.50. The van der Waals surface area contributed by atoms with Gasteiger partial charge in [-0.25, -0.2) is 4.79 Å². The lowest BCUT2D eigenvalue weighted by Crippen LogP contribution is -2.42. The predicted molar refractivity (Wildman–Crippen MR) is 76.9 cm³/mol. The summed E-state index contributed by atoms with van der Waals surface area (Å²) >= 11 is 3.16. The predicted octanol–water partition coefficient (Wildman–Crippen LogP) is 4.92. The highest BCUT2D eigenvalue weighted by molar-refractivity contribution is 9.10. The van der Waals surface area contributed by atoms with Crippen molar-refractivity contribution in [2.45, 2.75) is 38.6 Å². The summed E-state index contributed by atoms with van der Waals surface area (Å²) in [6.07, 6.45) is -5.62. The molecular weight excluding hydrogens is 351 g/mol. The van der Waals surface area contributed by atoms with Crippen molar-refractivity contribution in [3.05, 3.63) is 34.3 Å². The maximum Gasteiger partial charge on any atom is 0.413 e. The highest BCUT2D eigenvalue weighted by Crippen LogP contribution is 2.37. The fourth-order valence-electron chi connectivity index (χ4n) is 1.72. The van der Waals surface area contributed by atoms with Crippen LogP contribution in [-0.4, -0.2) is 29.8 Å². The molecule has 1 amide bonds. The van der Waals surface area contributed by atoms with Gasteiger partial charge >= 0.3 is 12.3 Å². The zero-order chi connectivity index (χ0) is 16.4. The van der Waals surface area contributed by atoms with Gasteiger partial charge in [-0.2, -0.15) is 13.2 Å². The van der Waals surface area contributed by atoms with Crippen LogP contribution in [0.3, 0.4) is 0 Å². The summed E-state index contributed by atoms with van der Waals surface area (Å²) in [5, 5.41) is 0. The second kappa shape index (κ2) is 6.25. The monoisotopic (exact) mass is 367 g/mol. The van der Waals surface area contributed by atoms with Crippen LogP contribution in [0.1, 0.15) is 32.4 Å². The van der Waals surface area contributed by atoms with Crippen molar-refractivity contribution < 1.29 is 22.7 Å². The van der Waals surface area contributed by atoms with Gasteiger partial charge in [0.05, 0.1) is 0 Å². The van der Waals surface area contributed by atoms with E-state index in [1.54, 1.807) is 20.8 Å². The molecule has 0 fully saturated rings. The highest BCUT2D eigenvalue weighted by Gasteiger charge is 2.46. The topological polar surface area (TPSA) is 29.5 Å². The van der Waals surface area contributed by atoms with E-state index in [1.165, 1.54) is 24.3 Å². The van der Waals surface area contributed by atoms with Crippen LogP contribution in [0.2, 0.25) is 0 Å². The summed E-state index contributed by atoms with van der Waals surface area (Å²) in [6.45, 7) is 4.79. The van der Waals surface area contributed by atoms with E-state index in [1.807, 2.05) is 0 Å². The molecule has 0 N–H and O–H groups in total. The van der Waals surface area contributed by atoms with E-state index in [4.69, 9.17) is 4.74 Å². The van der Waals surface area contributed by atoms with Gasteiger partial charge in [0.1, 0.15) is 5.60 Å². The van der Waals surface area contributed by atoms with Gasteiger partial charge in [-0.3, -0.25) is 4.90 Å². The Balaban J connectivity index is 3.09. The third kappa shape index (κ3) is 5.22. The minimum Gasteiger partial charge on any atom is -0.444 e. The zero-order valence-electron chi connectivity index (χ0n) is 12.2. The minimum absolute atomic E-state index is 0.0286. The van der Waals surface area contributed by atoms with Crippen molar-refractivity contribution in [1.29, 1.82) is 0 Å². The van der Waals surface area contributed by atoms with Crippen LogP contribution in [0, 0.1) is 0 Å². The molecule has 21 heavy (non-hydrogen) atoms. The SMILES string of the molecule is CN(C(=O)OC(C)(C)C)[C@@H](c1ccc(Br)cc1)C(F)(F)F. The van der Waals surface area contributed by atoms with Gasteiger partial charge in [0.15, 0.2) is 6.04 Å². The van der Waals surface area contributed by atoms with Gasteiger partial charge in [0.25, 0.3) is 0 Å². The number of hydrogen-bond acceptors (Lipinski definition) is 2. The Bertz CT molecular complexity index is 494. The number of benzene rings is 1. The summed E-state index contributed by atoms with van der Waals surface area (Å²) in [5.41, 5.74) is -0.889. The van der Waals surface area contributed by atoms with E-state index in [-0.39, 0.29) is 5.56 Å². The Labute approximate surface area is 130 Å². The summed E-state index contributed by atoms with van der Waals surface area (Å²) in [5.74, 6) is 0. The molecular formula is C14H17BrF3NO2. The molecule has 0 saturated carbocycles. The largest absolute Gasteiger partial charge is 0.444 e. The summed E-state index contributed by atoms with van der Waals surface area (Å²) in [6, 6.07) is 3.58. The van der Waals surface area contributed by atoms with E-state index < -0.39 is 23.9 Å². The quantitative estimate of drug-likeness (QED) is 0.742. The molecule has 0 aliphatic carbocycles. The molecule has 7 heteroatoms. The average molecular weight is 368 g/mol. The number of halogens is 4. The van der Waals surface area contributed by atoms with Crippen LogP contribution >= 0.6 is 15.9 Å². The Morgan fingerprint density at radius 1 is 1.19 bits per heavy atom. The number of nitrogens with zero attached hydrogens (tertiary/aromatic N) is 1. The number of hydrogen-bond donors (Lipinski definition) is 0. The van der Waals surface area contributed by atoms with Crippen molar-refractivity contribution >= 4 is 22.0 Å². The summed E-state index contributed by atoms with van der Waals surface area (Å²) < 4.78 is 45.5. The van der Waals surface area contributed by atoms with Gasteiger partial charge in [-0.15, -0.1) is 0 Å². The number of rotatable bonds is 2. The number of carbonyl (C=O) groups is 1. The molecule has 0 bridgehead atoms. The molecule has 1 atom stereocenters.